The highest BCUT2D eigenvalue weighted by Gasteiger charge is 2.31. The molecule has 1 aliphatic heterocycles. The van der Waals surface area contributed by atoms with Gasteiger partial charge in [0.05, 0.1) is 18.7 Å². The van der Waals surface area contributed by atoms with E-state index in [-0.39, 0.29) is 18.2 Å². The number of aliphatic hydroxyl groups excluding tert-OH is 1. The molecule has 0 spiro atoms. The molecule has 2 amide bonds. The molecule has 1 aromatic rings. The minimum Gasteiger partial charge on any atom is -0.391 e. The third-order valence-corrected chi connectivity index (χ3v) is 4.65. The molecule has 0 radical (unpaired) electrons. The molecule has 1 heterocycles. The summed E-state index contributed by atoms with van der Waals surface area (Å²) >= 11 is 0. The van der Waals surface area contributed by atoms with Crippen LogP contribution in [-0.4, -0.2) is 65.5 Å². The van der Waals surface area contributed by atoms with Gasteiger partial charge in [0.2, 0.25) is 12.3 Å². The Hall–Kier alpha value is -2.40. The normalized spacial score (nSPS) is 17.8. The van der Waals surface area contributed by atoms with E-state index in [4.69, 9.17) is 10.5 Å². The standard InChI is InChI=1S/C20H29N3O2.CH3NO/c1-3-4-11-22(14-17-8-6-5-7-9-17)13-16(2)19(21)20(25)23-12-10-18(24)15-23;2-1-3/h5-9,16,18-19,24H,10-15,21H2,1-2H3;1H,(H2,2,3). The van der Waals surface area contributed by atoms with Gasteiger partial charge in [0.25, 0.3) is 0 Å². The van der Waals surface area contributed by atoms with Gasteiger partial charge in [-0.1, -0.05) is 43.2 Å². The smallest absolute Gasteiger partial charge is 0.239 e. The second-order valence-electron chi connectivity index (χ2n) is 6.95. The maximum absolute atomic E-state index is 12.5. The van der Waals surface area contributed by atoms with Gasteiger partial charge in [0.15, 0.2) is 0 Å². The van der Waals surface area contributed by atoms with Gasteiger partial charge >= 0.3 is 0 Å². The zero-order valence-electron chi connectivity index (χ0n) is 16.8. The summed E-state index contributed by atoms with van der Waals surface area (Å²) in [5, 5.41) is 9.62. The molecule has 0 aliphatic carbocycles. The molecule has 0 bridgehead atoms. The van der Waals surface area contributed by atoms with Crippen LogP contribution < -0.4 is 11.5 Å². The number of rotatable bonds is 7. The molecule has 2 rings (SSSR count). The van der Waals surface area contributed by atoms with Gasteiger partial charge in [0.1, 0.15) is 0 Å². The number of hydrogen-bond acceptors (Lipinski definition) is 5. The molecular weight excluding hydrogens is 356 g/mol. The monoisotopic (exact) mass is 388 g/mol. The van der Waals surface area contributed by atoms with Crippen molar-refractivity contribution in [3.05, 3.63) is 35.9 Å². The highest BCUT2D eigenvalue weighted by atomic mass is 16.3. The topological polar surface area (TPSA) is 113 Å². The minimum atomic E-state index is -0.557. The zero-order valence-corrected chi connectivity index (χ0v) is 16.8. The van der Waals surface area contributed by atoms with Gasteiger partial charge in [-0.05, 0) is 24.8 Å². The summed E-state index contributed by atoms with van der Waals surface area (Å²) in [7, 11) is 0. The molecule has 3 atom stereocenters. The first-order chi connectivity index (χ1) is 13.4. The first-order valence-electron chi connectivity index (χ1n) is 9.46. The Morgan fingerprint density at radius 1 is 1.43 bits per heavy atom. The quantitative estimate of drug-likeness (QED) is 0.455. The zero-order chi connectivity index (χ0) is 20.9. The average Bonchev–Trinajstić information content (AvgIpc) is 3.12. The third-order valence-electron chi connectivity index (χ3n) is 4.65. The Kier molecular flexibility index (Phi) is 10.9. The number of hydrogen-bond donors (Lipinski definition) is 3. The van der Waals surface area contributed by atoms with Crippen molar-refractivity contribution in [2.24, 2.45) is 17.4 Å². The van der Waals surface area contributed by atoms with Crippen LogP contribution in [0.2, 0.25) is 0 Å². The second kappa shape index (κ2) is 12.9. The fourth-order valence-corrected chi connectivity index (χ4v) is 3.13. The number of likely N-dealkylation sites (tertiary alicyclic amines) is 1. The van der Waals surface area contributed by atoms with Crippen molar-refractivity contribution in [1.82, 2.24) is 9.80 Å². The number of carbonyl (C=O) groups excluding carboxylic acids is 2. The fourth-order valence-electron chi connectivity index (χ4n) is 3.13. The molecule has 5 N–H and O–H groups in total. The molecule has 154 valence electrons. The predicted octanol–water partition coefficient (Wildman–Crippen LogP) is 0.170. The molecule has 1 fully saturated rings. The Morgan fingerprint density at radius 2 is 2.07 bits per heavy atom. The number of primary amides is 1. The summed E-state index contributed by atoms with van der Waals surface area (Å²) in [6.07, 6.45) is 0.472. The summed E-state index contributed by atoms with van der Waals surface area (Å²) in [6.45, 7) is 6.96. The Bertz CT molecular complexity index is 657. The van der Waals surface area contributed by atoms with E-state index in [9.17, 15) is 9.90 Å². The molecule has 1 aromatic carbocycles. The highest BCUT2D eigenvalue weighted by molar-refractivity contribution is 5.82. The average molecular weight is 389 g/mol. The van der Waals surface area contributed by atoms with Crippen molar-refractivity contribution < 1.29 is 14.7 Å². The van der Waals surface area contributed by atoms with E-state index >= 15 is 0 Å². The van der Waals surface area contributed by atoms with Gasteiger partial charge in [-0.25, -0.2) is 0 Å². The summed E-state index contributed by atoms with van der Waals surface area (Å²) < 4.78 is 0. The Morgan fingerprint density at radius 3 is 2.61 bits per heavy atom. The number of carbonyl (C=O) groups is 2. The van der Waals surface area contributed by atoms with Gasteiger partial charge in [-0.3, -0.25) is 14.5 Å². The van der Waals surface area contributed by atoms with Crippen LogP contribution in [0.25, 0.3) is 0 Å². The Balaban J connectivity index is 0.00000122. The number of nitrogens with zero attached hydrogens (tertiary/aromatic N) is 2. The predicted molar refractivity (Wildman–Crippen MR) is 110 cm³/mol. The van der Waals surface area contributed by atoms with Gasteiger partial charge in [0, 0.05) is 26.2 Å². The van der Waals surface area contributed by atoms with E-state index in [1.807, 2.05) is 32.0 Å². The fraction of sp³-hybridized carbons (Fsp3) is 0.524. The van der Waals surface area contributed by atoms with E-state index in [1.54, 1.807) is 4.90 Å². The number of amides is 2. The van der Waals surface area contributed by atoms with Crippen LogP contribution in [0.1, 0.15) is 25.8 Å². The molecule has 0 aromatic heterocycles. The first kappa shape index (κ1) is 23.6. The largest absolute Gasteiger partial charge is 0.391 e. The van der Waals surface area contributed by atoms with Crippen LogP contribution in [0.15, 0.2) is 30.3 Å². The molecule has 1 aliphatic rings. The number of β-amino-alcohol motifs (C(OH)–C–C–N with tert-alkyl or cyclic N) is 1. The van der Waals surface area contributed by atoms with Crippen LogP contribution in [0, 0.1) is 17.8 Å². The maximum Gasteiger partial charge on any atom is 0.239 e. The van der Waals surface area contributed by atoms with E-state index < -0.39 is 12.1 Å². The van der Waals surface area contributed by atoms with Gasteiger partial charge in [-0.2, -0.15) is 0 Å². The van der Waals surface area contributed by atoms with Crippen LogP contribution in [0.3, 0.4) is 0 Å². The summed E-state index contributed by atoms with van der Waals surface area (Å²) in [5.74, 6) is 5.99. The maximum atomic E-state index is 12.5. The SMILES string of the molecule is CC#CCN(Cc1ccccc1)CC(C)C(N)C(=O)N1CCC(O)C1.NC=O. The van der Waals surface area contributed by atoms with Crippen molar-refractivity contribution in [1.29, 1.82) is 0 Å². The number of benzene rings is 1. The number of aliphatic hydroxyl groups is 1. The van der Waals surface area contributed by atoms with Crippen LogP contribution in [-0.2, 0) is 16.1 Å². The van der Waals surface area contributed by atoms with Crippen molar-refractivity contribution in [2.75, 3.05) is 26.2 Å². The lowest BCUT2D eigenvalue weighted by Crippen LogP contribution is -2.49. The van der Waals surface area contributed by atoms with Crippen molar-refractivity contribution >= 4 is 12.3 Å². The molecule has 0 saturated carbocycles. The van der Waals surface area contributed by atoms with E-state index in [2.05, 4.69) is 34.6 Å². The molecule has 7 nitrogen and oxygen atoms in total. The van der Waals surface area contributed by atoms with Crippen molar-refractivity contribution in [3.63, 3.8) is 0 Å². The van der Waals surface area contributed by atoms with Gasteiger partial charge in [-0.15, -0.1) is 5.92 Å². The second-order valence-corrected chi connectivity index (χ2v) is 6.95. The van der Waals surface area contributed by atoms with E-state index in [0.29, 0.717) is 32.6 Å². The Labute approximate surface area is 167 Å². The minimum absolute atomic E-state index is 0.00705. The lowest BCUT2D eigenvalue weighted by atomic mass is 10.0. The van der Waals surface area contributed by atoms with Gasteiger partial charge < -0.3 is 21.5 Å². The van der Waals surface area contributed by atoms with E-state index in [0.717, 1.165) is 6.54 Å². The van der Waals surface area contributed by atoms with E-state index in [1.165, 1.54) is 5.56 Å². The summed E-state index contributed by atoms with van der Waals surface area (Å²) in [5.41, 5.74) is 11.6. The molecule has 7 heteroatoms. The third kappa shape index (κ3) is 8.09. The molecule has 1 saturated heterocycles. The lowest BCUT2D eigenvalue weighted by Gasteiger charge is -2.29. The first-order valence-corrected chi connectivity index (χ1v) is 9.46. The van der Waals surface area contributed by atoms with Crippen LogP contribution in [0.4, 0.5) is 0 Å². The molecular formula is C21H32N4O3. The van der Waals surface area contributed by atoms with Crippen molar-refractivity contribution in [3.8, 4) is 11.8 Å². The van der Waals surface area contributed by atoms with Crippen LogP contribution >= 0.6 is 0 Å². The lowest BCUT2D eigenvalue weighted by molar-refractivity contribution is -0.133. The highest BCUT2D eigenvalue weighted by Crippen LogP contribution is 2.15. The molecule has 28 heavy (non-hydrogen) atoms. The van der Waals surface area contributed by atoms with Crippen LogP contribution in [0.5, 0.6) is 0 Å². The van der Waals surface area contributed by atoms with Crippen molar-refractivity contribution in [2.45, 2.75) is 39.0 Å². The summed E-state index contributed by atoms with van der Waals surface area (Å²) in [6, 6.07) is 9.67. The summed E-state index contributed by atoms with van der Waals surface area (Å²) in [4.78, 5) is 25.0. The number of nitrogens with two attached hydrogens (primary N) is 2. The molecule has 3 unspecified atom stereocenters.